The fraction of sp³-hybridized carbons (Fsp3) is 0.212. The number of hydrogen-bond donors (Lipinski definition) is 1. The zero-order chi connectivity index (χ0) is 32.5. The average Bonchev–Trinajstić information content (AvgIpc) is 3.65. The minimum atomic E-state index is -4.17. The van der Waals surface area contributed by atoms with E-state index in [1.807, 2.05) is 25.1 Å². The van der Waals surface area contributed by atoms with E-state index in [0.29, 0.717) is 38.5 Å². The van der Waals surface area contributed by atoms with Gasteiger partial charge in [-0.3, -0.25) is 9.10 Å². The van der Waals surface area contributed by atoms with Gasteiger partial charge in [-0.15, -0.1) is 0 Å². The number of fused-ring (bicyclic) bond motifs is 1. The molecule has 12 heteroatoms. The molecular weight excluding hydrogens is 618 g/mol. The maximum Gasteiger partial charge on any atom is 0.372 e. The van der Waals surface area contributed by atoms with Gasteiger partial charge >= 0.3 is 5.97 Å². The van der Waals surface area contributed by atoms with E-state index in [2.05, 4.69) is 0 Å². The number of benzene rings is 3. The fourth-order valence-electron chi connectivity index (χ4n) is 5.16. The lowest BCUT2D eigenvalue weighted by Crippen LogP contribution is -2.34. The maximum atomic E-state index is 14.3. The van der Waals surface area contributed by atoms with E-state index in [-0.39, 0.29) is 41.8 Å². The summed E-state index contributed by atoms with van der Waals surface area (Å²) < 4.78 is 40.9. The summed E-state index contributed by atoms with van der Waals surface area (Å²) in [5.74, 6) is -1.28. The predicted molar refractivity (Wildman–Crippen MR) is 173 cm³/mol. The summed E-state index contributed by atoms with van der Waals surface area (Å²) in [4.78, 5) is 28.9. The van der Waals surface area contributed by atoms with E-state index in [9.17, 15) is 23.1 Å². The number of aromatic carboxylic acids is 1. The van der Waals surface area contributed by atoms with Crippen molar-refractivity contribution in [3.05, 3.63) is 112 Å². The van der Waals surface area contributed by atoms with E-state index < -0.39 is 16.0 Å². The van der Waals surface area contributed by atoms with Crippen LogP contribution in [-0.2, 0) is 23.1 Å². The number of rotatable bonds is 11. The van der Waals surface area contributed by atoms with Crippen LogP contribution in [0.4, 0.5) is 11.4 Å². The predicted octanol–water partition coefficient (Wildman–Crippen LogP) is 6.81. The summed E-state index contributed by atoms with van der Waals surface area (Å²) in [5, 5.41) is 10.2. The molecule has 1 amide bonds. The molecule has 0 saturated carbocycles. The highest BCUT2D eigenvalue weighted by Gasteiger charge is 2.29. The first-order chi connectivity index (χ1) is 21.4. The van der Waals surface area contributed by atoms with Crippen molar-refractivity contribution in [3.63, 3.8) is 0 Å². The molecule has 2 aromatic heterocycles. The lowest BCUT2D eigenvalue weighted by molar-refractivity contribution is 0.0662. The number of carbonyl (C=O) groups excluding carboxylic acids is 1. The van der Waals surface area contributed by atoms with Crippen LogP contribution in [0.2, 0.25) is 5.02 Å². The third-order valence-electron chi connectivity index (χ3n) is 7.51. The monoisotopic (exact) mass is 649 g/mol. The van der Waals surface area contributed by atoms with E-state index >= 15 is 0 Å². The highest BCUT2D eigenvalue weighted by molar-refractivity contribution is 7.92. The molecule has 0 spiro atoms. The van der Waals surface area contributed by atoms with E-state index in [1.54, 1.807) is 67.3 Å². The average molecular weight is 650 g/mol. The summed E-state index contributed by atoms with van der Waals surface area (Å²) in [6, 6.07) is 20.0. The van der Waals surface area contributed by atoms with Crippen LogP contribution in [0.5, 0.6) is 0 Å². The van der Waals surface area contributed by atoms with Crippen molar-refractivity contribution in [1.82, 2.24) is 4.90 Å². The molecule has 0 radical (unpaired) electrons. The van der Waals surface area contributed by atoms with Gasteiger partial charge < -0.3 is 23.7 Å². The number of halogens is 1. The number of carboxylic acid groups (broad SMARTS) is 1. The summed E-state index contributed by atoms with van der Waals surface area (Å²) in [7, 11) is -0.469. The highest BCUT2D eigenvalue weighted by Crippen LogP contribution is 2.35. The number of carbonyl (C=O) groups is 2. The normalized spacial score (nSPS) is 11.5. The van der Waals surface area contributed by atoms with Gasteiger partial charge in [0.1, 0.15) is 11.3 Å². The summed E-state index contributed by atoms with van der Waals surface area (Å²) >= 11 is 6.40. The molecule has 0 aliphatic rings. The lowest BCUT2D eigenvalue weighted by atomic mass is 10.1. The van der Waals surface area contributed by atoms with Gasteiger partial charge in [0.05, 0.1) is 34.0 Å². The zero-order valence-corrected chi connectivity index (χ0v) is 26.7. The maximum absolute atomic E-state index is 14.3. The molecule has 0 unspecified atom stereocenters. The van der Waals surface area contributed by atoms with E-state index in [4.69, 9.17) is 20.4 Å². The Bertz CT molecular complexity index is 1980. The van der Waals surface area contributed by atoms with Crippen molar-refractivity contribution in [2.45, 2.75) is 31.8 Å². The molecular formula is C33H32ClN3O7S. The number of carboxylic acids is 1. The van der Waals surface area contributed by atoms with Crippen molar-refractivity contribution in [1.29, 1.82) is 0 Å². The van der Waals surface area contributed by atoms with Gasteiger partial charge in [-0.25, -0.2) is 13.2 Å². The van der Waals surface area contributed by atoms with Gasteiger partial charge in [0.15, 0.2) is 0 Å². The largest absolute Gasteiger partial charge is 0.475 e. The van der Waals surface area contributed by atoms with Crippen LogP contribution in [0.25, 0.3) is 11.0 Å². The van der Waals surface area contributed by atoms with Crippen molar-refractivity contribution in [2.75, 3.05) is 29.8 Å². The molecule has 5 rings (SSSR count). The van der Waals surface area contributed by atoms with Crippen LogP contribution in [0.15, 0.2) is 92.8 Å². The molecule has 0 bridgehead atoms. The van der Waals surface area contributed by atoms with Gasteiger partial charge in [0.25, 0.3) is 15.9 Å². The molecule has 0 fully saturated rings. The standard InChI is InChI=1S/C33H32ClN3O7S/c1-5-37(45(41,42)25-14-15-30-27(18-25)21(2)31(44-30)33(39)40)29-17-23(35(3)4)13-12-22(29)19-36(20-24-9-8-16-43-24)32(38)26-10-6-7-11-28(26)34/h6-18H,5,19-20H2,1-4H3,(H,39,40). The molecule has 5 aromatic rings. The van der Waals surface area contributed by atoms with Crippen molar-refractivity contribution >= 4 is 55.8 Å². The summed E-state index contributed by atoms with van der Waals surface area (Å²) in [6.07, 6.45) is 1.52. The van der Waals surface area contributed by atoms with Crippen LogP contribution in [0.1, 0.15) is 44.7 Å². The van der Waals surface area contributed by atoms with Gasteiger partial charge in [-0.2, -0.15) is 0 Å². The first-order valence-electron chi connectivity index (χ1n) is 14.1. The molecule has 2 heterocycles. The number of anilines is 2. The Kier molecular flexibility index (Phi) is 8.94. The molecule has 45 heavy (non-hydrogen) atoms. The zero-order valence-electron chi connectivity index (χ0n) is 25.2. The SMILES string of the molecule is CCN(c1cc(N(C)C)ccc1CN(Cc1ccco1)C(=O)c1ccccc1Cl)S(=O)(=O)c1ccc2oc(C(=O)O)c(C)c2c1. The van der Waals surface area contributed by atoms with Gasteiger partial charge in [0, 0.05) is 43.8 Å². The second-order valence-electron chi connectivity index (χ2n) is 10.6. The molecule has 0 aliphatic carbocycles. The number of amides is 1. The van der Waals surface area contributed by atoms with Crippen LogP contribution in [0, 0.1) is 6.92 Å². The number of nitrogens with zero attached hydrogens (tertiary/aromatic N) is 3. The smallest absolute Gasteiger partial charge is 0.372 e. The Labute approximate surface area is 266 Å². The Balaban J connectivity index is 1.61. The third-order valence-corrected chi connectivity index (χ3v) is 9.72. The second kappa shape index (κ2) is 12.7. The topological polar surface area (TPSA) is 125 Å². The minimum Gasteiger partial charge on any atom is -0.475 e. The first kappa shape index (κ1) is 31.7. The fourth-order valence-corrected chi connectivity index (χ4v) is 6.91. The number of hydrogen-bond acceptors (Lipinski definition) is 7. The van der Waals surface area contributed by atoms with Gasteiger partial charge in [-0.05, 0) is 74.0 Å². The van der Waals surface area contributed by atoms with E-state index in [0.717, 1.165) is 5.69 Å². The van der Waals surface area contributed by atoms with Crippen molar-refractivity contribution in [2.24, 2.45) is 0 Å². The Morgan fingerprint density at radius 2 is 1.71 bits per heavy atom. The molecule has 0 atom stereocenters. The summed E-state index contributed by atoms with van der Waals surface area (Å²) in [6.45, 7) is 3.54. The van der Waals surface area contributed by atoms with Gasteiger partial charge in [-0.1, -0.05) is 29.8 Å². The first-order valence-corrected chi connectivity index (χ1v) is 15.9. The van der Waals surface area contributed by atoms with Crippen LogP contribution < -0.4 is 9.21 Å². The molecule has 1 N–H and O–H groups in total. The third kappa shape index (κ3) is 6.27. The minimum absolute atomic E-state index is 0.0292. The molecule has 3 aromatic carbocycles. The van der Waals surface area contributed by atoms with Gasteiger partial charge in [0.2, 0.25) is 5.76 Å². The molecule has 0 aliphatic heterocycles. The van der Waals surface area contributed by atoms with Crippen LogP contribution >= 0.6 is 11.6 Å². The Hall–Kier alpha value is -4.74. The van der Waals surface area contributed by atoms with Crippen LogP contribution in [-0.4, -0.2) is 50.9 Å². The molecule has 10 nitrogen and oxygen atoms in total. The molecule has 0 saturated heterocycles. The molecule has 234 valence electrons. The summed E-state index contributed by atoms with van der Waals surface area (Å²) in [5.41, 5.74) is 2.63. The number of furan rings is 2. The van der Waals surface area contributed by atoms with E-state index in [1.165, 1.54) is 28.8 Å². The van der Waals surface area contributed by atoms with Crippen LogP contribution in [0.3, 0.4) is 0 Å². The number of aryl methyl sites for hydroxylation is 1. The lowest BCUT2D eigenvalue weighted by Gasteiger charge is -2.29. The Morgan fingerprint density at radius 1 is 0.956 bits per heavy atom. The van der Waals surface area contributed by atoms with Crippen molar-refractivity contribution < 1.29 is 31.9 Å². The quantitative estimate of drug-likeness (QED) is 0.165. The highest BCUT2D eigenvalue weighted by atomic mass is 35.5. The second-order valence-corrected chi connectivity index (χ2v) is 12.9. The Morgan fingerprint density at radius 3 is 2.36 bits per heavy atom. The van der Waals surface area contributed by atoms with Crippen molar-refractivity contribution in [3.8, 4) is 0 Å². The number of sulfonamides is 1.